The van der Waals surface area contributed by atoms with Gasteiger partial charge >= 0.3 is 0 Å². The minimum absolute atomic E-state index is 0.0816. The average Bonchev–Trinajstić information content (AvgIpc) is 2.62. The van der Waals surface area contributed by atoms with Crippen molar-refractivity contribution in [1.29, 1.82) is 0 Å². The summed E-state index contributed by atoms with van der Waals surface area (Å²) in [5, 5.41) is 18.1. The zero-order valence-electron chi connectivity index (χ0n) is 6.48. The van der Waals surface area contributed by atoms with Gasteiger partial charge in [-0.3, -0.25) is 0 Å². The lowest BCUT2D eigenvalue weighted by atomic mass is 9.89. The molecule has 3 unspecified atom stereocenters. The molecular formula is C9H14O2. The Morgan fingerprint density at radius 1 is 1.36 bits per heavy atom. The van der Waals surface area contributed by atoms with Crippen LogP contribution >= 0.6 is 0 Å². The Kier molecular flexibility index (Phi) is 1.74. The van der Waals surface area contributed by atoms with Crippen molar-refractivity contribution < 1.29 is 10.2 Å². The maximum atomic E-state index is 9.40. The molecule has 62 valence electrons. The van der Waals surface area contributed by atoms with Crippen LogP contribution in [-0.4, -0.2) is 22.9 Å². The number of allylic oxidation sites excluding steroid dienone is 2. The highest BCUT2D eigenvalue weighted by atomic mass is 16.3. The molecule has 2 nitrogen and oxygen atoms in total. The summed E-state index contributed by atoms with van der Waals surface area (Å²) >= 11 is 0. The molecule has 0 aromatic heterocycles. The van der Waals surface area contributed by atoms with Crippen molar-refractivity contribution in [3.8, 4) is 0 Å². The Bertz CT molecular complexity index is 176. The molecule has 1 saturated carbocycles. The first-order valence-corrected chi connectivity index (χ1v) is 4.28. The Hall–Kier alpha value is -0.340. The van der Waals surface area contributed by atoms with Gasteiger partial charge in [0.05, 0.1) is 12.7 Å². The summed E-state index contributed by atoms with van der Waals surface area (Å²) in [5.41, 5.74) is 0. The van der Waals surface area contributed by atoms with Crippen molar-refractivity contribution in [3.63, 3.8) is 0 Å². The normalized spacial score (nSPS) is 43.3. The van der Waals surface area contributed by atoms with Gasteiger partial charge in [0.1, 0.15) is 0 Å². The monoisotopic (exact) mass is 154 g/mol. The Morgan fingerprint density at radius 3 is 2.64 bits per heavy atom. The number of hydrogen-bond acceptors (Lipinski definition) is 2. The van der Waals surface area contributed by atoms with Crippen LogP contribution in [-0.2, 0) is 0 Å². The third-order valence-electron chi connectivity index (χ3n) is 3.01. The van der Waals surface area contributed by atoms with E-state index in [1.54, 1.807) is 0 Å². The van der Waals surface area contributed by atoms with E-state index in [2.05, 4.69) is 12.2 Å². The van der Waals surface area contributed by atoms with Crippen molar-refractivity contribution in [3.05, 3.63) is 12.2 Å². The molecule has 0 aromatic rings. The molecule has 2 aliphatic carbocycles. The van der Waals surface area contributed by atoms with Crippen molar-refractivity contribution in [1.82, 2.24) is 0 Å². The van der Waals surface area contributed by atoms with Gasteiger partial charge < -0.3 is 10.2 Å². The van der Waals surface area contributed by atoms with Gasteiger partial charge in [-0.1, -0.05) is 12.2 Å². The van der Waals surface area contributed by atoms with E-state index < -0.39 is 6.10 Å². The number of aliphatic hydroxyl groups is 2. The third kappa shape index (κ3) is 1.10. The zero-order chi connectivity index (χ0) is 7.84. The van der Waals surface area contributed by atoms with Crippen LogP contribution < -0.4 is 0 Å². The largest absolute Gasteiger partial charge is 0.394 e. The maximum Gasteiger partial charge on any atom is 0.0804 e. The van der Waals surface area contributed by atoms with Crippen molar-refractivity contribution in [2.75, 3.05) is 6.61 Å². The van der Waals surface area contributed by atoms with Crippen LogP contribution in [0.4, 0.5) is 0 Å². The molecule has 2 heteroatoms. The molecular weight excluding hydrogens is 140 g/mol. The van der Waals surface area contributed by atoms with Gasteiger partial charge in [0.2, 0.25) is 0 Å². The van der Waals surface area contributed by atoms with Crippen LogP contribution in [0.15, 0.2) is 12.2 Å². The number of fused-ring (bicyclic) bond motifs is 2. The first kappa shape index (κ1) is 7.32. The molecule has 0 heterocycles. The van der Waals surface area contributed by atoms with Crippen molar-refractivity contribution in [2.45, 2.75) is 18.9 Å². The van der Waals surface area contributed by atoms with Gasteiger partial charge in [-0.05, 0) is 30.6 Å². The summed E-state index contributed by atoms with van der Waals surface area (Å²) in [6, 6.07) is 0. The third-order valence-corrected chi connectivity index (χ3v) is 3.01. The Balaban J connectivity index is 2.02. The first-order valence-electron chi connectivity index (χ1n) is 4.28. The van der Waals surface area contributed by atoms with E-state index in [0.717, 1.165) is 6.42 Å². The first-order chi connectivity index (χ1) is 5.31. The van der Waals surface area contributed by atoms with Crippen LogP contribution in [0.5, 0.6) is 0 Å². The van der Waals surface area contributed by atoms with E-state index >= 15 is 0 Å². The lowest BCUT2D eigenvalue weighted by Crippen LogP contribution is -2.27. The van der Waals surface area contributed by atoms with Crippen LogP contribution in [0.25, 0.3) is 0 Å². The fourth-order valence-electron chi connectivity index (χ4n) is 2.40. The standard InChI is InChI=1S/C9H14O2/c10-5-9(11)8-4-6-1-2-7(8)3-6/h1-2,6-11H,3-5H2/t6?,7?,8?,9-/m1/s1. The lowest BCUT2D eigenvalue weighted by Gasteiger charge is -2.22. The van der Waals surface area contributed by atoms with Gasteiger partial charge in [0.25, 0.3) is 0 Å². The van der Waals surface area contributed by atoms with E-state index in [0.29, 0.717) is 17.8 Å². The van der Waals surface area contributed by atoms with Crippen LogP contribution in [0, 0.1) is 17.8 Å². The number of hydrogen-bond donors (Lipinski definition) is 2. The topological polar surface area (TPSA) is 40.5 Å². The smallest absolute Gasteiger partial charge is 0.0804 e. The summed E-state index contributed by atoms with van der Waals surface area (Å²) in [6.07, 6.45) is 6.21. The summed E-state index contributed by atoms with van der Waals surface area (Å²) in [7, 11) is 0. The fraction of sp³-hybridized carbons (Fsp3) is 0.778. The second-order valence-electron chi connectivity index (χ2n) is 3.69. The molecule has 1 fully saturated rings. The molecule has 0 aliphatic heterocycles. The summed E-state index contributed by atoms with van der Waals surface area (Å²) in [6.45, 7) is -0.0816. The van der Waals surface area contributed by atoms with E-state index in [1.165, 1.54) is 6.42 Å². The molecule has 4 atom stereocenters. The highest BCUT2D eigenvalue weighted by molar-refractivity contribution is 5.11. The molecule has 0 radical (unpaired) electrons. The molecule has 0 aromatic carbocycles. The molecule has 2 rings (SSSR count). The SMILES string of the molecule is OC[C@@H](O)C1CC2C=CC1C2. The fourth-order valence-corrected chi connectivity index (χ4v) is 2.40. The molecule has 2 aliphatic rings. The van der Waals surface area contributed by atoms with E-state index in [4.69, 9.17) is 5.11 Å². The van der Waals surface area contributed by atoms with Gasteiger partial charge in [-0.15, -0.1) is 0 Å². The van der Waals surface area contributed by atoms with E-state index in [9.17, 15) is 5.11 Å². The summed E-state index contributed by atoms with van der Waals surface area (Å²) in [5.74, 6) is 1.56. The predicted octanol–water partition coefficient (Wildman–Crippen LogP) is 0.552. The molecule has 11 heavy (non-hydrogen) atoms. The van der Waals surface area contributed by atoms with Crippen LogP contribution in [0.3, 0.4) is 0 Å². The Morgan fingerprint density at radius 2 is 2.18 bits per heavy atom. The van der Waals surface area contributed by atoms with Gasteiger partial charge in [0.15, 0.2) is 0 Å². The highest BCUT2D eigenvalue weighted by Crippen LogP contribution is 2.44. The van der Waals surface area contributed by atoms with Crippen LogP contribution in [0.1, 0.15) is 12.8 Å². The average molecular weight is 154 g/mol. The minimum Gasteiger partial charge on any atom is -0.394 e. The number of aliphatic hydroxyl groups excluding tert-OH is 2. The van der Waals surface area contributed by atoms with E-state index in [-0.39, 0.29) is 6.61 Å². The zero-order valence-corrected chi connectivity index (χ0v) is 6.48. The summed E-state index contributed by atoms with van der Waals surface area (Å²) in [4.78, 5) is 0. The second-order valence-corrected chi connectivity index (χ2v) is 3.69. The predicted molar refractivity (Wildman–Crippen MR) is 41.9 cm³/mol. The summed E-state index contributed by atoms with van der Waals surface area (Å²) < 4.78 is 0. The second kappa shape index (κ2) is 2.61. The van der Waals surface area contributed by atoms with E-state index in [1.807, 2.05) is 0 Å². The van der Waals surface area contributed by atoms with Crippen molar-refractivity contribution >= 4 is 0 Å². The maximum absolute atomic E-state index is 9.40. The molecule has 2 N–H and O–H groups in total. The molecule has 2 bridgehead atoms. The molecule has 0 saturated heterocycles. The van der Waals surface area contributed by atoms with Crippen molar-refractivity contribution in [2.24, 2.45) is 17.8 Å². The highest BCUT2D eigenvalue weighted by Gasteiger charge is 2.38. The van der Waals surface area contributed by atoms with Gasteiger partial charge in [-0.2, -0.15) is 0 Å². The molecule has 0 amide bonds. The quantitative estimate of drug-likeness (QED) is 0.570. The van der Waals surface area contributed by atoms with Gasteiger partial charge in [0, 0.05) is 0 Å². The van der Waals surface area contributed by atoms with Crippen LogP contribution in [0.2, 0.25) is 0 Å². The Labute approximate surface area is 66.5 Å². The number of rotatable bonds is 2. The lowest BCUT2D eigenvalue weighted by molar-refractivity contribution is 0.0374. The minimum atomic E-state index is -0.491. The molecule has 0 spiro atoms. The van der Waals surface area contributed by atoms with Gasteiger partial charge in [-0.25, -0.2) is 0 Å².